The van der Waals surface area contributed by atoms with Crippen molar-refractivity contribution in [3.63, 3.8) is 0 Å². The molecule has 2 aromatic rings. The van der Waals surface area contributed by atoms with Crippen molar-refractivity contribution >= 4 is 11.9 Å². The maximum Gasteiger partial charge on any atom is 0.335 e. The molecule has 0 saturated heterocycles. The first kappa shape index (κ1) is 20.0. The van der Waals surface area contributed by atoms with Gasteiger partial charge in [0.15, 0.2) is 0 Å². The first-order chi connectivity index (χ1) is 13.4. The van der Waals surface area contributed by atoms with Crippen molar-refractivity contribution < 1.29 is 23.5 Å². The first-order valence-corrected chi connectivity index (χ1v) is 9.45. The van der Waals surface area contributed by atoms with Crippen molar-refractivity contribution in [2.45, 2.75) is 43.9 Å². The zero-order valence-corrected chi connectivity index (χ0v) is 15.5. The molecule has 0 heterocycles. The van der Waals surface area contributed by atoms with E-state index >= 15 is 0 Å². The number of rotatable bonds is 7. The molecule has 1 fully saturated rings. The Morgan fingerprint density at radius 3 is 2.29 bits per heavy atom. The molecule has 1 amide bonds. The lowest BCUT2D eigenvalue weighted by molar-refractivity contribution is -0.121. The number of carboxylic acids is 1. The van der Waals surface area contributed by atoms with Gasteiger partial charge in [-0.1, -0.05) is 37.1 Å². The van der Waals surface area contributed by atoms with E-state index in [0.717, 1.165) is 12.8 Å². The number of carbonyl (C=O) groups is 2. The van der Waals surface area contributed by atoms with Crippen LogP contribution in [0.15, 0.2) is 42.5 Å². The lowest BCUT2D eigenvalue weighted by Gasteiger charge is -2.30. The molecule has 1 aliphatic carbocycles. The Kier molecular flexibility index (Phi) is 6.07. The fraction of sp³-hybridized carbons (Fsp3) is 0.364. The normalized spacial score (nSPS) is 15.4. The lowest BCUT2D eigenvalue weighted by Crippen LogP contribution is -2.40. The number of aromatic carboxylic acids is 1. The van der Waals surface area contributed by atoms with E-state index < -0.39 is 23.0 Å². The first-order valence-electron chi connectivity index (χ1n) is 9.45. The van der Waals surface area contributed by atoms with Gasteiger partial charge in [0.2, 0.25) is 5.91 Å². The molecule has 0 bridgehead atoms. The van der Waals surface area contributed by atoms with E-state index in [4.69, 9.17) is 0 Å². The highest BCUT2D eigenvalue weighted by atomic mass is 19.1. The molecule has 1 aliphatic rings. The van der Waals surface area contributed by atoms with Crippen LogP contribution in [0.3, 0.4) is 0 Å². The average molecular weight is 387 g/mol. The van der Waals surface area contributed by atoms with E-state index in [9.17, 15) is 23.5 Å². The van der Waals surface area contributed by atoms with Crippen LogP contribution in [0.4, 0.5) is 8.78 Å². The van der Waals surface area contributed by atoms with Gasteiger partial charge in [0.05, 0.1) is 5.56 Å². The van der Waals surface area contributed by atoms with Gasteiger partial charge in [0.1, 0.15) is 11.6 Å². The Balaban J connectivity index is 1.67. The summed E-state index contributed by atoms with van der Waals surface area (Å²) in [6, 6.07) is 10.4. The Morgan fingerprint density at radius 2 is 1.64 bits per heavy atom. The van der Waals surface area contributed by atoms with Gasteiger partial charge in [-0.3, -0.25) is 4.79 Å². The molecular formula is C22H23F2NO3. The molecule has 3 rings (SSSR count). The molecule has 2 aromatic carbocycles. The molecule has 0 spiro atoms. The topological polar surface area (TPSA) is 66.4 Å². The summed E-state index contributed by atoms with van der Waals surface area (Å²) in [4.78, 5) is 23.6. The van der Waals surface area contributed by atoms with Crippen LogP contribution in [-0.4, -0.2) is 23.5 Å². The number of hydrogen-bond donors (Lipinski definition) is 2. The van der Waals surface area contributed by atoms with Crippen molar-refractivity contribution in [2.24, 2.45) is 0 Å². The second-order valence-corrected chi connectivity index (χ2v) is 7.32. The highest BCUT2D eigenvalue weighted by Crippen LogP contribution is 2.42. The van der Waals surface area contributed by atoms with Crippen LogP contribution in [-0.2, 0) is 16.6 Å². The molecular weight excluding hydrogens is 364 g/mol. The van der Waals surface area contributed by atoms with Gasteiger partial charge in [0.25, 0.3) is 0 Å². The Bertz CT molecular complexity index is 856. The highest BCUT2D eigenvalue weighted by Gasteiger charge is 2.40. The van der Waals surface area contributed by atoms with Crippen LogP contribution in [0.1, 0.15) is 53.6 Å². The van der Waals surface area contributed by atoms with E-state index in [-0.39, 0.29) is 36.4 Å². The average Bonchev–Trinajstić information content (AvgIpc) is 3.14. The molecule has 1 saturated carbocycles. The molecule has 4 nitrogen and oxygen atoms in total. The molecule has 2 N–H and O–H groups in total. The van der Waals surface area contributed by atoms with Gasteiger partial charge < -0.3 is 10.4 Å². The van der Waals surface area contributed by atoms with Gasteiger partial charge in [-0.2, -0.15) is 0 Å². The smallest absolute Gasteiger partial charge is 0.335 e. The quantitative estimate of drug-likeness (QED) is 0.747. The zero-order valence-electron chi connectivity index (χ0n) is 15.5. The van der Waals surface area contributed by atoms with Gasteiger partial charge in [-0.15, -0.1) is 0 Å². The summed E-state index contributed by atoms with van der Waals surface area (Å²) in [5, 5.41) is 12.0. The molecule has 0 unspecified atom stereocenters. The van der Waals surface area contributed by atoms with Crippen LogP contribution < -0.4 is 5.32 Å². The van der Waals surface area contributed by atoms with Gasteiger partial charge in [0, 0.05) is 23.9 Å². The SMILES string of the molecule is O=C(CCc1ccccc1C(=O)O)NCC1(c2c(F)cccc2F)CCCC1. The predicted molar refractivity (Wildman–Crippen MR) is 101 cm³/mol. The summed E-state index contributed by atoms with van der Waals surface area (Å²) in [7, 11) is 0. The Morgan fingerprint density at radius 1 is 1.00 bits per heavy atom. The maximum atomic E-state index is 14.4. The van der Waals surface area contributed by atoms with Crippen molar-refractivity contribution in [1.82, 2.24) is 5.32 Å². The summed E-state index contributed by atoms with van der Waals surface area (Å²) >= 11 is 0. The monoisotopic (exact) mass is 387 g/mol. The van der Waals surface area contributed by atoms with Gasteiger partial charge >= 0.3 is 5.97 Å². The van der Waals surface area contributed by atoms with Crippen LogP contribution in [0.5, 0.6) is 0 Å². The summed E-state index contributed by atoms with van der Waals surface area (Å²) in [6.45, 7) is 0.171. The summed E-state index contributed by atoms with van der Waals surface area (Å²) in [5.74, 6) is -2.45. The van der Waals surface area contributed by atoms with E-state index in [1.54, 1.807) is 18.2 Å². The maximum absolute atomic E-state index is 14.4. The second kappa shape index (κ2) is 8.50. The van der Waals surface area contributed by atoms with Crippen molar-refractivity contribution in [3.8, 4) is 0 Å². The van der Waals surface area contributed by atoms with Crippen LogP contribution in [0.25, 0.3) is 0 Å². The van der Waals surface area contributed by atoms with E-state index in [1.807, 2.05) is 0 Å². The number of nitrogens with one attached hydrogen (secondary N) is 1. The van der Waals surface area contributed by atoms with Crippen LogP contribution in [0.2, 0.25) is 0 Å². The number of carbonyl (C=O) groups excluding carboxylic acids is 1. The molecule has 28 heavy (non-hydrogen) atoms. The molecule has 0 atom stereocenters. The van der Waals surface area contributed by atoms with Crippen LogP contribution >= 0.6 is 0 Å². The van der Waals surface area contributed by atoms with Gasteiger partial charge in [-0.25, -0.2) is 13.6 Å². The highest BCUT2D eigenvalue weighted by molar-refractivity contribution is 5.89. The predicted octanol–water partition coefficient (Wildman–Crippen LogP) is 4.22. The number of aryl methyl sites for hydroxylation is 1. The molecule has 148 valence electrons. The molecule has 6 heteroatoms. The van der Waals surface area contributed by atoms with Crippen LogP contribution in [0, 0.1) is 11.6 Å². The molecule has 0 radical (unpaired) electrons. The van der Waals surface area contributed by atoms with Crippen molar-refractivity contribution in [2.75, 3.05) is 6.54 Å². The van der Waals surface area contributed by atoms with Crippen molar-refractivity contribution in [3.05, 3.63) is 70.8 Å². The minimum atomic E-state index is -1.03. The zero-order chi connectivity index (χ0) is 20.1. The summed E-state index contributed by atoms with van der Waals surface area (Å²) in [6.07, 6.45) is 3.35. The van der Waals surface area contributed by atoms with Gasteiger partial charge in [-0.05, 0) is 43.0 Å². The third kappa shape index (κ3) is 4.21. The summed E-state index contributed by atoms with van der Waals surface area (Å²) < 4.78 is 28.7. The van der Waals surface area contributed by atoms with E-state index in [1.165, 1.54) is 24.3 Å². The summed E-state index contributed by atoms with van der Waals surface area (Å²) in [5.41, 5.74) is 0.0882. The second-order valence-electron chi connectivity index (χ2n) is 7.32. The van der Waals surface area contributed by atoms with E-state index in [0.29, 0.717) is 18.4 Å². The molecule has 0 aliphatic heterocycles. The number of carboxylic acid groups (broad SMARTS) is 1. The third-order valence-electron chi connectivity index (χ3n) is 5.55. The lowest BCUT2D eigenvalue weighted by atomic mass is 9.78. The minimum absolute atomic E-state index is 0.0593. The number of halogens is 2. The van der Waals surface area contributed by atoms with E-state index in [2.05, 4.69) is 5.32 Å². The largest absolute Gasteiger partial charge is 0.478 e. The molecule has 0 aromatic heterocycles. The number of amides is 1. The third-order valence-corrected chi connectivity index (χ3v) is 5.55. The fourth-order valence-corrected chi connectivity index (χ4v) is 4.12. The Labute approximate surface area is 162 Å². The fourth-order valence-electron chi connectivity index (χ4n) is 4.12. The van der Waals surface area contributed by atoms with Crippen molar-refractivity contribution in [1.29, 1.82) is 0 Å². The Hall–Kier alpha value is -2.76. The number of benzene rings is 2. The minimum Gasteiger partial charge on any atom is -0.478 e. The number of hydrogen-bond acceptors (Lipinski definition) is 2. The standard InChI is InChI=1S/C22H23F2NO3/c23-17-8-5-9-18(24)20(17)22(12-3-4-13-22)14-25-19(26)11-10-15-6-1-2-7-16(15)21(27)28/h1-2,5-9H,3-4,10-14H2,(H,25,26)(H,27,28).